The van der Waals surface area contributed by atoms with Crippen molar-refractivity contribution in [2.45, 2.75) is 50.6 Å². The number of anilines is 1. The van der Waals surface area contributed by atoms with E-state index in [1.807, 2.05) is 0 Å². The molecule has 1 saturated heterocycles. The molecular weight excluding hydrogens is 248 g/mol. The molecule has 0 unspecified atom stereocenters. The molecule has 1 spiro atoms. The zero-order valence-electron chi connectivity index (χ0n) is 12.9. The van der Waals surface area contributed by atoms with E-state index < -0.39 is 0 Å². The van der Waals surface area contributed by atoms with Crippen molar-refractivity contribution in [1.29, 1.82) is 0 Å². The minimum atomic E-state index is 0.169. The molecule has 3 nitrogen and oxygen atoms in total. The van der Waals surface area contributed by atoms with Crippen molar-refractivity contribution >= 4 is 5.69 Å². The third-order valence-corrected chi connectivity index (χ3v) is 4.68. The van der Waals surface area contributed by atoms with E-state index in [1.165, 1.54) is 31.4 Å². The lowest BCUT2D eigenvalue weighted by atomic mass is 9.87. The van der Waals surface area contributed by atoms with Crippen LogP contribution in [0.15, 0.2) is 24.3 Å². The first-order valence-corrected chi connectivity index (χ1v) is 7.70. The number of rotatable bonds is 2. The number of methoxy groups -OCH3 is 1. The Balaban J connectivity index is 1.84. The molecule has 1 aliphatic heterocycles. The Bertz CT molecular complexity index is 460. The van der Waals surface area contributed by atoms with Gasteiger partial charge < -0.3 is 15.0 Å². The van der Waals surface area contributed by atoms with E-state index in [-0.39, 0.29) is 5.54 Å². The lowest BCUT2D eigenvalue weighted by Gasteiger charge is -2.51. The van der Waals surface area contributed by atoms with Gasteiger partial charge in [0.2, 0.25) is 0 Å². The molecule has 0 radical (unpaired) electrons. The van der Waals surface area contributed by atoms with E-state index in [4.69, 9.17) is 4.74 Å². The molecule has 1 aliphatic carbocycles. The molecule has 110 valence electrons. The van der Waals surface area contributed by atoms with Crippen LogP contribution in [0.25, 0.3) is 0 Å². The Morgan fingerprint density at radius 1 is 1.05 bits per heavy atom. The third kappa shape index (κ3) is 2.64. The van der Waals surface area contributed by atoms with Gasteiger partial charge in [-0.1, -0.05) is 12.8 Å². The van der Waals surface area contributed by atoms with Crippen LogP contribution < -0.4 is 15.0 Å². The smallest absolute Gasteiger partial charge is 0.119 e. The van der Waals surface area contributed by atoms with Gasteiger partial charge in [-0.05, 0) is 51.0 Å². The van der Waals surface area contributed by atoms with Gasteiger partial charge in [0.25, 0.3) is 0 Å². The minimum absolute atomic E-state index is 0.169. The number of benzene rings is 1. The average Bonchev–Trinajstić information content (AvgIpc) is 2.84. The van der Waals surface area contributed by atoms with Crippen LogP contribution in [-0.4, -0.2) is 31.3 Å². The van der Waals surface area contributed by atoms with Gasteiger partial charge in [0.15, 0.2) is 0 Å². The molecule has 1 aromatic carbocycles. The van der Waals surface area contributed by atoms with Gasteiger partial charge in [0, 0.05) is 29.9 Å². The van der Waals surface area contributed by atoms with Crippen molar-refractivity contribution in [2.24, 2.45) is 0 Å². The molecule has 2 aliphatic rings. The number of nitrogens with one attached hydrogen (secondary N) is 1. The highest BCUT2D eigenvalue weighted by molar-refractivity contribution is 5.50. The fourth-order valence-electron chi connectivity index (χ4n) is 4.01. The first-order valence-electron chi connectivity index (χ1n) is 7.70. The van der Waals surface area contributed by atoms with Crippen LogP contribution in [0.4, 0.5) is 5.69 Å². The van der Waals surface area contributed by atoms with Crippen molar-refractivity contribution in [3.05, 3.63) is 24.3 Å². The summed E-state index contributed by atoms with van der Waals surface area (Å²) in [4.78, 5) is 2.54. The molecule has 1 N–H and O–H groups in total. The number of hydrogen-bond donors (Lipinski definition) is 1. The first kappa shape index (κ1) is 13.7. The largest absolute Gasteiger partial charge is 0.497 e. The molecule has 3 heteroatoms. The van der Waals surface area contributed by atoms with E-state index in [0.29, 0.717) is 5.54 Å². The van der Waals surface area contributed by atoms with Gasteiger partial charge in [-0.2, -0.15) is 0 Å². The number of piperazine rings is 1. The Kier molecular flexibility index (Phi) is 3.41. The molecule has 0 aromatic heterocycles. The summed E-state index contributed by atoms with van der Waals surface area (Å²) in [6, 6.07) is 8.49. The van der Waals surface area contributed by atoms with Crippen molar-refractivity contribution in [2.75, 3.05) is 25.1 Å². The van der Waals surface area contributed by atoms with Gasteiger partial charge in [-0.3, -0.25) is 0 Å². The predicted octanol–water partition coefficient (Wildman–Crippen LogP) is 3.20. The summed E-state index contributed by atoms with van der Waals surface area (Å²) < 4.78 is 5.26. The van der Waals surface area contributed by atoms with Crippen molar-refractivity contribution in [1.82, 2.24) is 5.32 Å². The van der Waals surface area contributed by atoms with Crippen molar-refractivity contribution in [3.63, 3.8) is 0 Å². The molecule has 20 heavy (non-hydrogen) atoms. The normalized spacial score (nSPS) is 24.1. The summed E-state index contributed by atoms with van der Waals surface area (Å²) in [7, 11) is 1.72. The standard InChI is InChI=1S/C17H26N2O/c1-16(2)12-19(13-17(18-16)10-4-5-11-17)14-6-8-15(20-3)9-7-14/h6-9,18H,4-5,10-13H2,1-3H3. The lowest BCUT2D eigenvalue weighted by molar-refractivity contribution is 0.197. The van der Waals surface area contributed by atoms with Crippen LogP contribution in [0, 0.1) is 0 Å². The second kappa shape index (κ2) is 4.96. The first-order chi connectivity index (χ1) is 9.52. The molecule has 0 bridgehead atoms. The topological polar surface area (TPSA) is 24.5 Å². The maximum Gasteiger partial charge on any atom is 0.119 e. The van der Waals surface area contributed by atoms with Gasteiger partial charge in [0.1, 0.15) is 5.75 Å². The second-order valence-electron chi connectivity index (χ2n) is 7.05. The zero-order chi connectivity index (χ0) is 14.2. The van der Waals surface area contributed by atoms with Crippen molar-refractivity contribution in [3.8, 4) is 5.75 Å². The lowest BCUT2D eigenvalue weighted by Crippen LogP contribution is -2.68. The predicted molar refractivity (Wildman–Crippen MR) is 83.6 cm³/mol. The van der Waals surface area contributed by atoms with E-state index in [0.717, 1.165) is 18.8 Å². The van der Waals surface area contributed by atoms with Crippen LogP contribution in [0.2, 0.25) is 0 Å². The number of ether oxygens (including phenoxy) is 1. The Hall–Kier alpha value is -1.22. The van der Waals surface area contributed by atoms with E-state index in [9.17, 15) is 0 Å². The SMILES string of the molecule is COc1ccc(N2CC(C)(C)NC3(CCCC3)C2)cc1. The highest BCUT2D eigenvalue weighted by Gasteiger charge is 2.44. The summed E-state index contributed by atoms with van der Waals surface area (Å²) in [5.74, 6) is 0.929. The zero-order valence-corrected chi connectivity index (χ0v) is 12.9. The van der Waals surface area contributed by atoms with E-state index in [1.54, 1.807) is 7.11 Å². The summed E-state index contributed by atoms with van der Waals surface area (Å²) in [6.45, 7) is 6.83. The molecular formula is C17H26N2O. The Morgan fingerprint density at radius 2 is 1.70 bits per heavy atom. The molecule has 0 atom stereocenters. The van der Waals surface area contributed by atoms with Crippen LogP contribution in [-0.2, 0) is 0 Å². The number of nitrogens with zero attached hydrogens (tertiary/aromatic N) is 1. The van der Waals surface area contributed by atoms with Gasteiger partial charge >= 0.3 is 0 Å². The van der Waals surface area contributed by atoms with Gasteiger partial charge in [0.05, 0.1) is 7.11 Å². The van der Waals surface area contributed by atoms with Crippen LogP contribution in [0.3, 0.4) is 0 Å². The summed E-state index contributed by atoms with van der Waals surface area (Å²) >= 11 is 0. The second-order valence-corrected chi connectivity index (χ2v) is 7.05. The van der Waals surface area contributed by atoms with Crippen LogP contribution >= 0.6 is 0 Å². The fourth-order valence-corrected chi connectivity index (χ4v) is 4.01. The highest BCUT2D eigenvalue weighted by atomic mass is 16.5. The number of hydrogen-bond acceptors (Lipinski definition) is 3. The minimum Gasteiger partial charge on any atom is -0.497 e. The third-order valence-electron chi connectivity index (χ3n) is 4.68. The van der Waals surface area contributed by atoms with E-state index in [2.05, 4.69) is 48.3 Å². The molecule has 1 aromatic rings. The average molecular weight is 274 g/mol. The fraction of sp³-hybridized carbons (Fsp3) is 0.647. The quantitative estimate of drug-likeness (QED) is 0.896. The summed E-state index contributed by atoms with van der Waals surface area (Å²) in [5.41, 5.74) is 1.80. The Labute approximate surface area is 122 Å². The maximum atomic E-state index is 5.26. The molecule has 3 rings (SSSR count). The maximum absolute atomic E-state index is 5.26. The van der Waals surface area contributed by atoms with E-state index >= 15 is 0 Å². The monoisotopic (exact) mass is 274 g/mol. The molecule has 1 saturated carbocycles. The Morgan fingerprint density at radius 3 is 2.30 bits per heavy atom. The molecule has 2 fully saturated rings. The van der Waals surface area contributed by atoms with Gasteiger partial charge in [-0.15, -0.1) is 0 Å². The van der Waals surface area contributed by atoms with Crippen LogP contribution in [0.1, 0.15) is 39.5 Å². The summed E-state index contributed by atoms with van der Waals surface area (Å²) in [6.07, 6.45) is 5.34. The van der Waals surface area contributed by atoms with Gasteiger partial charge in [-0.25, -0.2) is 0 Å². The summed E-state index contributed by atoms with van der Waals surface area (Å²) in [5, 5.41) is 3.92. The molecule has 0 amide bonds. The highest BCUT2D eigenvalue weighted by Crippen LogP contribution is 2.37. The van der Waals surface area contributed by atoms with Crippen molar-refractivity contribution < 1.29 is 4.74 Å². The molecule has 1 heterocycles. The van der Waals surface area contributed by atoms with Crippen LogP contribution in [0.5, 0.6) is 5.75 Å².